The van der Waals surface area contributed by atoms with Gasteiger partial charge in [-0.15, -0.1) is 0 Å². The van der Waals surface area contributed by atoms with E-state index in [1.54, 1.807) is 6.26 Å². The van der Waals surface area contributed by atoms with E-state index in [0.717, 1.165) is 19.5 Å². The minimum absolute atomic E-state index is 0.538. The predicted octanol–water partition coefficient (Wildman–Crippen LogP) is 0.274. The van der Waals surface area contributed by atoms with Crippen molar-refractivity contribution in [3.8, 4) is 0 Å². The average molecular weight is 204 g/mol. The van der Waals surface area contributed by atoms with E-state index in [9.17, 15) is 4.21 Å². The topological polar surface area (TPSA) is 23.6 Å². The molecule has 3 nitrogen and oxygen atoms in total. The molecule has 1 heterocycles. The van der Waals surface area contributed by atoms with Gasteiger partial charge in [-0.05, 0) is 32.8 Å². The molecule has 1 aliphatic heterocycles. The molecule has 1 aliphatic rings. The second-order valence-electron chi connectivity index (χ2n) is 4.11. The lowest BCUT2D eigenvalue weighted by atomic mass is 10.1. The van der Waals surface area contributed by atoms with Crippen LogP contribution < -0.4 is 0 Å². The van der Waals surface area contributed by atoms with E-state index in [-0.39, 0.29) is 0 Å². The minimum Gasteiger partial charge on any atom is -0.305 e. The Labute approximate surface area is 81.9 Å². The lowest BCUT2D eigenvalue weighted by molar-refractivity contribution is 0.194. The number of piperidine rings is 1. The lowest BCUT2D eigenvalue weighted by Crippen LogP contribution is -2.46. The van der Waals surface area contributed by atoms with Crippen LogP contribution in [0, 0.1) is 0 Å². The van der Waals surface area contributed by atoms with Gasteiger partial charge in [0.15, 0.2) is 0 Å². The summed E-state index contributed by atoms with van der Waals surface area (Å²) in [5, 5.41) is 0. The first kappa shape index (κ1) is 11.0. The average Bonchev–Trinajstić information content (AvgIpc) is 2.03. The molecule has 0 saturated carbocycles. The third kappa shape index (κ3) is 2.97. The van der Waals surface area contributed by atoms with E-state index in [2.05, 4.69) is 24.9 Å². The van der Waals surface area contributed by atoms with Crippen LogP contribution in [0.15, 0.2) is 0 Å². The Balaban J connectivity index is 2.62. The molecule has 0 aromatic heterocycles. The van der Waals surface area contributed by atoms with Crippen molar-refractivity contribution in [1.29, 1.82) is 0 Å². The molecule has 0 aromatic rings. The van der Waals surface area contributed by atoms with Gasteiger partial charge in [0, 0.05) is 35.1 Å². The zero-order valence-corrected chi connectivity index (χ0v) is 9.64. The molecule has 1 saturated heterocycles. The van der Waals surface area contributed by atoms with Gasteiger partial charge in [-0.3, -0.25) is 4.21 Å². The van der Waals surface area contributed by atoms with Gasteiger partial charge in [0.05, 0.1) is 0 Å². The molecule has 0 spiro atoms. The van der Waals surface area contributed by atoms with Crippen LogP contribution in [0.2, 0.25) is 0 Å². The molecule has 0 aromatic carbocycles. The summed E-state index contributed by atoms with van der Waals surface area (Å²) in [5.41, 5.74) is 0. The Morgan fingerprint density at radius 1 is 1.54 bits per heavy atom. The van der Waals surface area contributed by atoms with Gasteiger partial charge in [0.25, 0.3) is 0 Å². The highest BCUT2D eigenvalue weighted by Gasteiger charge is 2.23. The summed E-state index contributed by atoms with van der Waals surface area (Å²) in [5.74, 6) is 3.72. The van der Waals surface area contributed by atoms with Crippen LogP contribution in [0.4, 0.5) is 0 Å². The summed E-state index contributed by atoms with van der Waals surface area (Å²) < 4.78 is 13.7. The molecule has 1 rings (SSSR count). The molecule has 78 valence electrons. The van der Waals surface area contributed by atoms with Crippen molar-refractivity contribution in [3.05, 3.63) is 0 Å². The third-order valence-corrected chi connectivity index (χ3v) is 4.06. The summed E-state index contributed by atoms with van der Waals surface area (Å²) in [7, 11) is 2.17. The third-order valence-electron chi connectivity index (χ3n) is 2.64. The van der Waals surface area contributed by atoms with Gasteiger partial charge in [-0.25, -0.2) is 4.31 Å². The van der Waals surface area contributed by atoms with E-state index < -0.39 is 9.71 Å². The van der Waals surface area contributed by atoms with Crippen LogP contribution in [0.1, 0.15) is 12.8 Å². The van der Waals surface area contributed by atoms with Crippen molar-refractivity contribution in [1.82, 2.24) is 9.21 Å². The zero-order chi connectivity index (χ0) is 10.1. The highest BCUT2D eigenvalue weighted by molar-refractivity contribution is 7.97. The van der Waals surface area contributed by atoms with Crippen LogP contribution in [0.25, 0.3) is 0 Å². The molecule has 2 atom stereocenters. The number of rotatable bonds is 2. The predicted molar refractivity (Wildman–Crippen MR) is 59.5 cm³/mol. The maximum Gasteiger partial charge on any atom is 0.0263 e. The second kappa shape index (κ2) is 3.98. The van der Waals surface area contributed by atoms with Crippen molar-refractivity contribution in [3.63, 3.8) is 0 Å². The van der Waals surface area contributed by atoms with Gasteiger partial charge in [-0.1, -0.05) is 0 Å². The van der Waals surface area contributed by atoms with Crippen LogP contribution in [0.5, 0.6) is 0 Å². The minimum atomic E-state index is -1.99. The van der Waals surface area contributed by atoms with Crippen molar-refractivity contribution >= 4 is 15.6 Å². The monoisotopic (exact) mass is 204 g/mol. The molecule has 2 unspecified atom stereocenters. The van der Waals surface area contributed by atoms with Gasteiger partial charge >= 0.3 is 0 Å². The fourth-order valence-electron chi connectivity index (χ4n) is 1.69. The number of hydrogen-bond acceptors (Lipinski definition) is 2. The Morgan fingerprint density at radius 2 is 2.15 bits per heavy atom. The van der Waals surface area contributed by atoms with Crippen LogP contribution in [0.3, 0.4) is 0 Å². The lowest BCUT2D eigenvalue weighted by Gasteiger charge is -2.36. The summed E-state index contributed by atoms with van der Waals surface area (Å²) >= 11 is 0. The van der Waals surface area contributed by atoms with Gasteiger partial charge in [0.2, 0.25) is 0 Å². The largest absolute Gasteiger partial charge is 0.305 e. The van der Waals surface area contributed by atoms with E-state index >= 15 is 0 Å². The quantitative estimate of drug-likeness (QED) is 0.603. The molecule has 0 aliphatic carbocycles. The first-order chi connectivity index (χ1) is 5.91. The van der Waals surface area contributed by atoms with Crippen LogP contribution >= 0.6 is 0 Å². The van der Waals surface area contributed by atoms with Crippen molar-refractivity contribution < 1.29 is 4.21 Å². The molecule has 0 radical (unpaired) electrons. The van der Waals surface area contributed by atoms with Gasteiger partial charge in [-0.2, -0.15) is 0 Å². The highest BCUT2D eigenvalue weighted by atomic mass is 32.2. The normalized spacial score (nSPS) is 30.3. The molecule has 4 heteroatoms. The molecule has 1 fully saturated rings. The fraction of sp³-hybridized carbons (Fsp3) is 0.889. The molecule has 13 heavy (non-hydrogen) atoms. The summed E-state index contributed by atoms with van der Waals surface area (Å²) in [6, 6.07) is 0.538. The molecule has 0 amide bonds. The van der Waals surface area contributed by atoms with Gasteiger partial charge < -0.3 is 4.90 Å². The summed E-state index contributed by atoms with van der Waals surface area (Å²) in [6.45, 7) is 1.83. The standard InChI is InChI=1S/C9H20N2OS/c1-10(2)9-6-5-7-11(8-9)13(3,4)12/h9H,3,5-8H2,1-2,4H3. The van der Waals surface area contributed by atoms with Crippen molar-refractivity contribution in [2.45, 2.75) is 18.9 Å². The number of hydrogen-bond donors (Lipinski definition) is 0. The number of nitrogens with zero attached hydrogens (tertiary/aromatic N) is 2. The molecular formula is C9H20N2OS. The Hall–Kier alpha value is -0.0600. The van der Waals surface area contributed by atoms with Crippen LogP contribution in [-0.2, 0) is 9.71 Å². The van der Waals surface area contributed by atoms with Gasteiger partial charge in [0.1, 0.15) is 0 Å². The maximum atomic E-state index is 11.7. The zero-order valence-electron chi connectivity index (χ0n) is 8.82. The smallest absolute Gasteiger partial charge is 0.0263 e. The van der Waals surface area contributed by atoms with Crippen molar-refractivity contribution in [2.24, 2.45) is 0 Å². The second-order valence-corrected chi connectivity index (χ2v) is 6.54. The van der Waals surface area contributed by atoms with E-state index in [4.69, 9.17) is 0 Å². The molecular weight excluding hydrogens is 184 g/mol. The summed E-state index contributed by atoms with van der Waals surface area (Å²) in [4.78, 5) is 2.21. The van der Waals surface area contributed by atoms with E-state index in [1.165, 1.54) is 6.42 Å². The van der Waals surface area contributed by atoms with E-state index in [1.807, 2.05) is 4.31 Å². The fourth-order valence-corrected chi connectivity index (χ4v) is 2.70. The molecule has 0 N–H and O–H groups in total. The van der Waals surface area contributed by atoms with Crippen molar-refractivity contribution in [2.75, 3.05) is 33.4 Å². The molecule has 0 bridgehead atoms. The Morgan fingerprint density at radius 3 is 2.62 bits per heavy atom. The van der Waals surface area contributed by atoms with Crippen LogP contribution in [-0.4, -0.2) is 58.8 Å². The summed E-state index contributed by atoms with van der Waals surface area (Å²) in [6.07, 6.45) is 4.06. The Bertz CT molecular complexity index is 259. The maximum absolute atomic E-state index is 11.7. The Kier molecular flexibility index (Phi) is 3.38. The first-order valence-corrected chi connectivity index (χ1v) is 6.74. The van der Waals surface area contributed by atoms with E-state index in [0.29, 0.717) is 6.04 Å². The highest BCUT2D eigenvalue weighted by Crippen LogP contribution is 2.15. The first-order valence-electron chi connectivity index (χ1n) is 4.65. The SMILES string of the molecule is C=S(C)(=O)N1CCCC(N(C)C)C1. The number of likely N-dealkylation sites (N-methyl/N-ethyl adjacent to an activating group) is 1.